The lowest BCUT2D eigenvalue weighted by molar-refractivity contribution is 0.0600. The summed E-state index contributed by atoms with van der Waals surface area (Å²) in [6.45, 7) is 0. The van der Waals surface area contributed by atoms with E-state index in [-0.39, 0.29) is 35.9 Å². The quantitative estimate of drug-likeness (QED) is 0.582. The maximum absolute atomic E-state index is 13.7. The highest BCUT2D eigenvalue weighted by atomic mass is 32.2. The van der Waals surface area contributed by atoms with E-state index in [4.69, 9.17) is 4.74 Å². The number of aromatic nitrogens is 1. The summed E-state index contributed by atoms with van der Waals surface area (Å²) < 4.78 is 31.1. The minimum absolute atomic E-state index is 0.179. The Hall–Kier alpha value is -3.44. The van der Waals surface area contributed by atoms with Crippen LogP contribution in [0.5, 0.6) is 0 Å². The SMILES string of the molecule is COC(=O)c1ccc2c3c(n(S(C)(=O)=O)c2c1)CC[C@](C#N)(Cc1ccccc1)C3=O. The molecule has 0 saturated carbocycles. The Labute approximate surface area is 179 Å². The average Bonchev–Trinajstić information content (AvgIpc) is 3.10. The summed E-state index contributed by atoms with van der Waals surface area (Å²) >= 11 is 0. The number of benzene rings is 2. The molecule has 1 heterocycles. The van der Waals surface area contributed by atoms with Crippen LogP contribution in [0.3, 0.4) is 0 Å². The van der Waals surface area contributed by atoms with Crippen molar-refractivity contribution in [2.75, 3.05) is 13.4 Å². The largest absolute Gasteiger partial charge is 0.465 e. The second-order valence-corrected chi connectivity index (χ2v) is 9.59. The molecule has 0 radical (unpaired) electrons. The van der Waals surface area contributed by atoms with Gasteiger partial charge in [-0.15, -0.1) is 0 Å². The van der Waals surface area contributed by atoms with Crippen LogP contribution in [0.1, 0.15) is 38.4 Å². The van der Waals surface area contributed by atoms with E-state index < -0.39 is 27.2 Å². The summed E-state index contributed by atoms with van der Waals surface area (Å²) in [5.74, 6) is -0.999. The molecule has 7 nitrogen and oxygen atoms in total. The lowest BCUT2D eigenvalue weighted by atomic mass is 9.69. The van der Waals surface area contributed by atoms with Gasteiger partial charge in [0, 0.05) is 16.6 Å². The molecule has 3 aromatic rings. The van der Waals surface area contributed by atoms with Gasteiger partial charge in [0.05, 0.1) is 30.5 Å². The smallest absolute Gasteiger partial charge is 0.337 e. The number of nitriles is 1. The molecule has 0 saturated heterocycles. The molecular formula is C23H20N2O5S. The van der Waals surface area contributed by atoms with Crippen molar-refractivity contribution < 1.29 is 22.7 Å². The fourth-order valence-electron chi connectivity index (χ4n) is 4.36. The summed E-state index contributed by atoms with van der Waals surface area (Å²) in [4.78, 5) is 25.7. The van der Waals surface area contributed by atoms with Crippen molar-refractivity contribution in [1.29, 1.82) is 5.26 Å². The Balaban J connectivity index is 1.95. The molecule has 158 valence electrons. The summed E-state index contributed by atoms with van der Waals surface area (Å²) in [5.41, 5.74) is 0.575. The molecule has 8 heteroatoms. The molecule has 0 bridgehead atoms. The zero-order valence-electron chi connectivity index (χ0n) is 17.1. The van der Waals surface area contributed by atoms with Gasteiger partial charge in [-0.3, -0.25) is 4.79 Å². The number of hydrogen-bond acceptors (Lipinski definition) is 6. The molecule has 0 fully saturated rings. The third-order valence-corrected chi connectivity index (χ3v) is 6.87. The number of ketones is 1. The second kappa shape index (κ2) is 7.36. The number of carbonyl (C=O) groups excluding carboxylic acids is 2. The summed E-state index contributed by atoms with van der Waals surface area (Å²) in [6.07, 6.45) is 1.75. The van der Waals surface area contributed by atoms with Crippen molar-refractivity contribution >= 4 is 32.7 Å². The van der Waals surface area contributed by atoms with E-state index in [1.54, 1.807) is 6.07 Å². The Morgan fingerprint density at radius 3 is 2.55 bits per heavy atom. The first-order valence-electron chi connectivity index (χ1n) is 9.68. The lowest BCUT2D eigenvalue weighted by Crippen LogP contribution is -2.37. The molecule has 31 heavy (non-hydrogen) atoms. The topological polar surface area (TPSA) is 106 Å². The second-order valence-electron chi connectivity index (χ2n) is 7.76. The summed E-state index contributed by atoms with van der Waals surface area (Å²) in [7, 11) is -2.54. The molecular weight excluding hydrogens is 416 g/mol. The van der Waals surface area contributed by atoms with Crippen LogP contribution in [0.4, 0.5) is 0 Å². The Bertz CT molecular complexity index is 1370. The van der Waals surface area contributed by atoms with E-state index in [0.29, 0.717) is 11.1 Å². The molecule has 1 atom stereocenters. The molecule has 1 aromatic heterocycles. The number of methoxy groups -OCH3 is 1. The van der Waals surface area contributed by atoms with Crippen LogP contribution in [0.25, 0.3) is 10.9 Å². The van der Waals surface area contributed by atoms with Crippen molar-refractivity contribution in [1.82, 2.24) is 3.97 Å². The minimum atomic E-state index is -3.77. The van der Waals surface area contributed by atoms with E-state index in [0.717, 1.165) is 15.8 Å². The third-order valence-electron chi connectivity index (χ3n) is 5.79. The maximum atomic E-state index is 13.7. The first-order chi connectivity index (χ1) is 14.7. The van der Waals surface area contributed by atoms with Crippen molar-refractivity contribution in [3.05, 3.63) is 70.9 Å². The summed E-state index contributed by atoms with van der Waals surface area (Å²) in [6, 6.07) is 16.0. The van der Waals surface area contributed by atoms with Crippen LogP contribution in [-0.4, -0.2) is 37.5 Å². The molecule has 0 amide bonds. The number of ether oxygens (including phenoxy) is 1. The molecule has 1 aliphatic rings. The normalized spacial score (nSPS) is 18.4. The highest BCUT2D eigenvalue weighted by molar-refractivity contribution is 7.89. The van der Waals surface area contributed by atoms with Gasteiger partial charge in [0.2, 0.25) is 10.0 Å². The van der Waals surface area contributed by atoms with Crippen molar-refractivity contribution in [3.8, 4) is 6.07 Å². The van der Waals surface area contributed by atoms with E-state index >= 15 is 0 Å². The predicted molar refractivity (Wildman–Crippen MR) is 114 cm³/mol. The van der Waals surface area contributed by atoms with Crippen LogP contribution >= 0.6 is 0 Å². The number of carbonyl (C=O) groups is 2. The van der Waals surface area contributed by atoms with Crippen molar-refractivity contribution in [2.24, 2.45) is 5.41 Å². The van der Waals surface area contributed by atoms with Crippen LogP contribution in [0, 0.1) is 16.7 Å². The van der Waals surface area contributed by atoms with E-state index in [9.17, 15) is 23.3 Å². The fraction of sp³-hybridized carbons (Fsp3) is 0.261. The van der Waals surface area contributed by atoms with Crippen LogP contribution in [-0.2, 0) is 27.6 Å². The first-order valence-corrected chi connectivity index (χ1v) is 11.5. The van der Waals surface area contributed by atoms with Gasteiger partial charge in [-0.1, -0.05) is 36.4 Å². The highest BCUT2D eigenvalue weighted by Gasteiger charge is 2.46. The van der Waals surface area contributed by atoms with Crippen LogP contribution < -0.4 is 0 Å². The Morgan fingerprint density at radius 1 is 1.23 bits per heavy atom. The highest BCUT2D eigenvalue weighted by Crippen LogP contribution is 2.42. The predicted octanol–water partition coefficient (Wildman–Crippen LogP) is 3.12. The number of hydrogen-bond donors (Lipinski definition) is 0. The van der Waals surface area contributed by atoms with Crippen molar-refractivity contribution in [2.45, 2.75) is 19.3 Å². The van der Waals surface area contributed by atoms with Gasteiger partial charge in [-0.05, 0) is 37.0 Å². The van der Waals surface area contributed by atoms with E-state index in [2.05, 4.69) is 6.07 Å². The zero-order valence-corrected chi connectivity index (χ0v) is 17.9. The van der Waals surface area contributed by atoms with Gasteiger partial charge < -0.3 is 4.74 Å². The standard InChI is InChI=1S/C23H20N2O5S/c1-30-22(27)16-8-9-17-19(12-16)25(31(2,28)29)18-10-11-23(14-24,21(26)20(17)18)13-15-6-4-3-5-7-15/h3-9,12H,10-11,13H2,1-2H3/t23-/m1/s1. The maximum Gasteiger partial charge on any atom is 0.337 e. The zero-order chi connectivity index (χ0) is 22.4. The number of esters is 1. The monoisotopic (exact) mass is 436 g/mol. The van der Waals surface area contributed by atoms with Crippen molar-refractivity contribution in [3.63, 3.8) is 0 Å². The molecule has 2 aromatic carbocycles. The van der Waals surface area contributed by atoms with Gasteiger partial charge in [0.25, 0.3) is 0 Å². The van der Waals surface area contributed by atoms with Crippen LogP contribution in [0.15, 0.2) is 48.5 Å². The lowest BCUT2D eigenvalue weighted by Gasteiger charge is -2.30. The summed E-state index contributed by atoms with van der Waals surface area (Å²) in [5, 5.41) is 10.4. The van der Waals surface area contributed by atoms with Gasteiger partial charge in [0.1, 0.15) is 5.41 Å². The molecule has 4 rings (SSSR count). The molecule has 0 unspecified atom stereocenters. The van der Waals surface area contributed by atoms with Gasteiger partial charge >= 0.3 is 5.97 Å². The van der Waals surface area contributed by atoms with Crippen LogP contribution in [0.2, 0.25) is 0 Å². The van der Waals surface area contributed by atoms with E-state index in [1.165, 1.54) is 19.2 Å². The van der Waals surface area contributed by atoms with Gasteiger partial charge in [-0.2, -0.15) is 5.26 Å². The average molecular weight is 436 g/mol. The third kappa shape index (κ3) is 3.31. The molecule has 0 N–H and O–H groups in total. The molecule has 0 spiro atoms. The fourth-order valence-corrected chi connectivity index (χ4v) is 5.45. The number of Topliss-reactive ketones (excluding diaryl/α,β-unsaturated/α-hetero) is 1. The van der Waals surface area contributed by atoms with Gasteiger partial charge in [-0.25, -0.2) is 17.2 Å². The van der Waals surface area contributed by atoms with Gasteiger partial charge in [0.15, 0.2) is 5.78 Å². The Kier molecular flexibility index (Phi) is 4.94. The number of rotatable bonds is 4. The van der Waals surface area contributed by atoms with E-state index in [1.807, 2.05) is 30.3 Å². The molecule has 0 aliphatic heterocycles. The molecule has 1 aliphatic carbocycles. The minimum Gasteiger partial charge on any atom is -0.465 e. The number of nitrogens with zero attached hydrogens (tertiary/aromatic N) is 2. The Morgan fingerprint density at radius 2 is 1.94 bits per heavy atom. The number of fused-ring (bicyclic) bond motifs is 3. The first kappa shape index (κ1) is 20.8.